The fourth-order valence-corrected chi connectivity index (χ4v) is 6.42. The number of hydrogen-bond donors (Lipinski definition) is 0. The zero-order valence-electron chi connectivity index (χ0n) is 29.0. The molecule has 4 aromatic carbocycles. The zero-order chi connectivity index (χ0) is 35.6. The molecule has 0 saturated carbocycles. The van der Waals surface area contributed by atoms with Gasteiger partial charge in [-0.3, -0.25) is 0 Å². The molecule has 11 heteroatoms. The molecule has 50 heavy (non-hydrogen) atoms. The smallest absolute Gasteiger partial charge is 0.744 e. The predicted molar refractivity (Wildman–Crippen MR) is 192 cm³/mol. The SMILES string of the molecule is CCN(Cc1c[c-]ccc1)c1ccc(C(=C2C=CC(=[N+](CC)Cc3cccc(S(=O)(=O)[O-])c3)C=C2)c2c(C)cccc2C)cc1.O=S(=O)=O.[Na+]. The van der Waals surface area contributed by atoms with Crippen molar-refractivity contribution >= 4 is 37.7 Å². The summed E-state index contributed by atoms with van der Waals surface area (Å²) in [6, 6.07) is 32.9. The van der Waals surface area contributed by atoms with Crippen LogP contribution in [0.3, 0.4) is 0 Å². The van der Waals surface area contributed by atoms with Crippen LogP contribution in [0.2, 0.25) is 0 Å². The number of allylic oxidation sites excluding steroid dienone is 5. The molecule has 8 nitrogen and oxygen atoms in total. The van der Waals surface area contributed by atoms with Gasteiger partial charge in [0.25, 0.3) is 0 Å². The summed E-state index contributed by atoms with van der Waals surface area (Å²) < 4.78 is 62.2. The zero-order valence-corrected chi connectivity index (χ0v) is 32.6. The van der Waals surface area contributed by atoms with Crippen LogP contribution in [0.5, 0.6) is 0 Å². The van der Waals surface area contributed by atoms with Crippen LogP contribution >= 0.6 is 0 Å². The van der Waals surface area contributed by atoms with E-state index in [-0.39, 0.29) is 34.5 Å². The van der Waals surface area contributed by atoms with E-state index in [0.29, 0.717) is 6.54 Å². The Bertz CT molecular complexity index is 2100. The van der Waals surface area contributed by atoms with Crippen LogP contribution in [0.4, 0.5) is 5.69 Å². The molecule has 0 unspecified atom stereocenters. The molecule has 0 amide bonds. The third kappa shape index (κ3) is 11.1. The Morgan fingerprint density at radius 1 is 0.840 bits per heavy atom. The minimum Gasteiger partial charge on any atom is -0.744 e. The molecule has 254 valence electrons. The maximum atomic E-state index is 11.6. The van der Waals surface area contributed by atoms with E-state index in [9.17, 15) is 13.0 Å². The molecule has 0 heterocycles. The summed E-state index contributed by atoms with van der Waals surface area (Å²) in [6.07, 6.45) is 8.56. The maximum Gasteiger partial charge on any atom is 1.00 e. The van der Waals surface area contributed by atoms with Crippen LogP contribution in [0.15, 0.2) is 126 Å². The quantitative estimate of drug-likeness (QED) is 0.107. The van der Waals surface area contributed by atoms with E-state index in [1.807, 2.05) is 24.3 Å². The normalized spacial score (nSPS) is 12.0. The van der Waals surface area contributed by atoms with E-state index in [0.717, 1.165) is 42.0 Å². The Kier molecular flexibility index (Phi) is 15.3. The Morgan fingerprint density at radius 3 is 1.98 bits per heavy atom. The van der Waals surface area contributed by atoms with Gasteiger partial charge < -0.3 is 9.45 Å². The molecule has 0 bridgehead atoms. The molecule has 0 aromatic heterocycles. The Morgan fingerprint density at radius 2 is 1.44 bits per heavy atom. The van der Waals surface area contributed by atoms with Gasteiger partial charge in [0.05, 0.1) is 4.90 Å². The summed E-state index contributed by atoms with van der Waals surface area (Å²) in [4.78, 5) is 2.16. The van der Waals surface area contributed by atoms with Gasteiger partial charge in [0.2, 0.25) is 0 Å². The topological polar surface area (TPSA) is 115 Å². The van der Waals surface area contributed by atoms with Gasteiger partial charge in [-0.1, -0.05) is 42.5 Å². The summed E-state index contributed by atoms with van der Waals surface area (Å²) in [6.45, 7) is 11.5. The summed E-state index contributed by atoms with van der Waals surface area (Å²) >= 11 is 0. The first kappa shape index (κ1) is 40.5. The van der Waals surface area contributed by atoms with Crippen LogP contribution in [0.1, 0.15) is 47.2 Å². The average molecular weight is 719 g/mol. The van der Waals surface area contributed by atoms with Crippen molar-refractivity contribution < 1.29 is 59.7 Å². The van der Waals surface area contributed by atoms with Gasteiger partial charge in [0.15, 0.2) is 12.3 Å². The van der Waals surface area contributed by atoms with E-state index in [1.165, 1.54) is 45.6 Å². The van der Waals surface area contributed by atoms with Crippen molar-refractivity contribution in [1.29, 1.82) is 0 Å². The van der Waals surface area contributed by atoms with Gasteiger partial charge in [-0.15, -0.1) is 18.2 Å². The largest absolute Gasteiger partial charge is 1.00 e. The van der Waals surface area contributed by atoms with Crippen molar-refractivity contribution in [2.45, 2.75) is 45.7 Å². The van der Waals surface area contributed by atoms with E-state index >= 15 is 0 Å². The monoisotopic (exact) mass is 718 g/mol. The van der Waals surface area contributed by atoms with Crippen LogP contribution in [-0.2, 0) is 33.8 Å². The van der Waals surface area contributed by atoms with E-state index in [2.05, 4.69) is 116 Å². The van der Waals surface area contributed by atoms with Crippen LogP contribution < -0.4 is 34.5 Å². The van der Waals surface area contributed by atoms with Crippen molar-refractivity contribution in [3.8, 4) is 0 Å². The molecule has 0 aliphatic heterocycles. The van der Waals surface area contributed by atoms with Gasteiger partial charge in [-0.2, -0.15) is 30.3 Å². The number of hydrogen-bond acceptors (Lipinski definition) is 7. The number of nitrogens with zero attached hydrogens (tertiary/aromatic N) is 2. The van der Waals surface area contributed by atoms with Crippen molar-refractivity contribution in [2.24, 2.45) is 0 Å². The third-order valence-corrected chi connectivity index (χ3v) is 9.07. The second-order valence-corrected chi connectivity index (χ2v) is 13.3. The maximum absolute atomic E-state index is 11.6. The van der Waals surface area contributed by atoms with Crippen molar-refractivity contribution in [2.75, 3.05) is 18.0 Å². The Balaban J connectivity index is 0.00000128. The molecule has 1 aliphatic rings. The second-order valence-electron chi connectivity index (χ2n) is 11.5. The summed E-state index contributed by atoms with van der Waals surface area (Å²) in [5.74, 6) is 0. The van der Waals surface area contributed by atoms with Crippen molar-refractivity contribution in [3.05, 3.63) is 160 Å². The van der Waals surface area contributed by atoms with Gasteiger partial charge in [-0.05, 0) is 104 Å². The summed E-state index contributed by atoms with van der Waals surface area (Å²) in [5, 5.41) is 0. The molecule has 4 aromatic rings. The van der Waals surface area contributed by atoms with E-state index in [4.69, 9.17) is 12.6 Å². The van der Waals surface area contributed by atoms with Gasteiger partial charge in [0, 0.05) is 29.9 Å². The summed E-state index contributed by atoms with van der Waals surface area (Å²) in [5.41, 5.74) is 11.3. The van der Waals surface area contributed by atoms with Crippen LogP contribution in [0, 0.1) is 19.9 Å². The molecular weight excluding hydrogens is 680 g/mol. The Hall–Kier alpha value is -3.90. The van der Waals surface area contributed by atoms with Crippen molar-refractivity contribution in [3.63, 3.8) is 0 Å². The fourth-order valence-electron chi connectivity index (χ4n) is 5.88. The number of anilines is 1. The molecule has 0 spiro atoms. The second kappa shape index (κ2) is 18.9. The Labute approximate surface area is 319 Å². The molecule has 0 saturated heterocycles. The number of rotatable bonds is 10. The average Bonchev–Trinajstić information content (AvgIpc) is 3.08. The van der Waals surface area contributed by atoms with Crippen LogP contribution in [-0.4, -0.2) is 49.0 Å². The molecule has 0 fully saturated rings. The summed E-state index contributed by atoms with van der Waals surface area (Å²) in [7, 11) is -7.62. The number of aryl methyl sites for hydroxylation is 2. The fraction of sp³-hybridized carbons (Fsp3) is 0.205. The van der Waals surface area contributed by atoms with Gasteiger partial charge >= 0.3 is 40.2 Å². The molecule has 0 N–H and O–H groups in total. The van der Waals surface area contributed by atoms with Crippen LogP contribution in [0.25, 0.3) is 5.57 Å². The van der Waals surface area contributed by atoms with Gasteiger partial charge in [0.1, 0.15) is 16.7 Å². The molecule has 0 radical (unpaired) electrons. The van der Waals surface area contributed by atoms with E-state index < -0.39 is 20.7 Å². The third-order valence-electron chi connectivity index (χ3n) is 8.24. The van der Waals surface area contributed by atoms with Gasteiger partial charge in [-0.25, -0.2) is 13.0 Å². The predicted octanol–water partition coefficient (Wildman–Crippen LogP) is 3.64. The van der Waals surface area contributed by atoms with Crippen molar-refractivity contribution in [1.82, 2.24) is 0 Å². The minimum atomic E-state index is -4.51. The minimum absolute atomic E-state index is 0. The molecular formula is C39H39N2NaO6S2. The first-order valence-electron chi connectivity index (χ1n) is 15.8. The molecule has 0 atom stereocenters. The molecule has 5 rings (SSSR count). The number of benzene rings is 4. The van der Waals surface area contributed by atoms with E-state index in [1.54, 1.807) is 6.07 Å². The molecule has 1 aliphatic carbocycles. The first-order chi connectivity index (χ1) is 23.4. The first-order valence-corrected chi connectivity index (χ1v) is 18.2. The standard InChI is InChI=1S/C39H40N2O3S.Na.O3S/c1-5-40(27-31-14-8-7-9-15-31)35-22-18-33(19-23-35)39(38-29(3)12-10-13-30(38)4)34-20-24-36(25-21-34)41(6-2)28-32-16-11-17-37(26-32)45(42,43)44;;1-4(2)3/h7-8,10-26H,5-6,27-28H2,1-4H3,(H,42,43,44);;/q;+1;/p-1.